The molecule has 0 bridgehead atoms. The van der Waals surface area contributed by atoms with Gasteiger partial charge in [0.15, 0.2) is 5.79 Å². The summed E-state index contributed by atoms with van der Waals surface area (Å²) in [6.07, 6.45) is 2.50. The third kappa shape index (κ3) is 5.14. The van der Waals surface area contributed by atoms with Crippen molar-refractivity contribution in [2.75, 3.05) is 6.61 Å². The van der Waals surface area contributed by atoms with Gasteiger partial charge in [0.1, 0.15) is 6.10 Å². The second-order valence-corrected chi connectivity index (χ2v) is 5.67. The topological polar surface area (TPSA) is 18.5 Å². The van der Waals surface area contributed by atoms with E-state index in [0.717, 1.165) is 12.0 Å². The van der Waals surface area contributed by atoms with E-state index in [1.54, 1.807) is 6.08 Å². The Balaban J connectivity index is 1.88. The smallest absolute Gasteiger partial charge is 0.164 e. The molecule has 0 amide bonds. The van der Waals surface area contributed by atoms with Crippen molar-refractivity contribution in [1.29, 1.82) is 0 Å². The Hall–Kier alpha value is -1.90. The van der Waals surface area contributed by atoms with E-state index in [1.165, 1.54) is 5.56 Å². The molecule has 1 atom stereocenters. The first-order valence-electron chi connectivity index (χ1n) is 7.64. The van der Waals surface area contributed by atoms with Gasteiger partial charge in [0.2, 0.25) is 0 Å². The molecule has 0 saturated carbocycles. The molecule has 2 heteroatoms. The lowest BCUT2D eigenvalue weighted by atomic mass is 10.1. The molecule has 0 saturated heterocycles. The quantitative estimate of drug-likeness (QED) is 0.508. The predicted octanol–water partition coefficient (Wildman–Crippen LogP) is 4.93. The summed E-state index contributed by atoms with van der Waals surface area (Å²) in [5.74, 6) is -0.663. The van der Waals surface area contributed by atoms with E-state index >= 15 is 0 Å². The lowest BCUT2D eigenvalue weighted by molar-refractivity contribution is -0.229. The van der Waals surface area contributed by atoms with E-state index in [-0.39, 0.29) is 6.10 Å². The second kappa shape index (κ2) is 7.92. The Morgan fingerprint density at radius 2 is 1.59 bits per heavy atom. The maximum atomic E-state index is 6.07. The van der Waals surface area contributed by atoms with Crippen molar-refractivity contribution < 1.29 is 9.47 Å². The van der Waals surface area contributed by atoms with E-state index in [4.69, 9.17) is 9.47 Å². The van der Waals surface area contributed by atoms with Gasteiger partial charge in [-0.2, -0.15) is 0 Å². The molecule has 0 heterocycles. The third-order valence-electron chi connectivity index (χ3n) is 3.44. The summed E-state index contributed by atoms with van der Waals surface area (Å²) < 4.78 is 12.0. The monoisotopic (exact) mass is 296 g/mol. The molecule has 116 valence electrons. The summed E-state index contributed by atoms with van der Waals surface area (Å²) in [6, 6.07) is 20.4. The molecule has 0 aliphatic heterocycles. The molecule has 22 heavy (non-hydrogen) atoms. The largest absolute Gasteiger partial charge is 0.350 e. The Morgan fingerprint density at radius 1 is 1.00 bits per heavy atom. The highest BCUT2D eigenvalue weighted by atomic mass is 16.7. The number of hydrogen-bond acceptors (Lipinski definition) is 2. The maximum Gasteiger partial charge on any atom is 0.164 e. The lowest BCUT2D eigenvalue weighted by Gasteiger charge is -2.30. The molecule has 0 radical (unpaired) electrons. The van der Waals surface area contributed by atoms with Crippen LogP contribution in [0.25, 0.3) is 0 Å². The minimum Gasteiger partial charge on any atom is -0.350 e. The SMILES string of the molecule is C=CC(OC(C)(C)OCCc1ccccc1)c1ccccc1. The van der Waals surface area contributed by atoms with Crippen LogP contribution in [0.2, 0.25) is 0 Å². The standard InChI is InChI=1S/C20H24O2/c1-4-19(18-13-9-6-10-14-18)22-20(2,3)21-16-15-17-11-7-5-8-12-17/h4-14,19H,1,15-16H2,2-3H3. The summed E-state index contributed by atoms with van der Waals surface area (Å²) in [5.41, 5.74) is 2.35. The van der Waals surface area contributed by atoms with Crippen LogP contribution in [-0.2, 0) is 15.9 Å². The van der Waals surface area contributed by atoms with Gasteiger partial charge in [-0.3, -0.25) is 0 Å². The Bertz CT molecular complexity index is 561. The van der Waals surface area contributed by atoms with Gasteiger partial charge in [0, 0.05) is 0 Å². The highest BCUT2D eigenvalue weighted by Gasteiger charge is 2.23. The van der Waals surface area contributed by atoms with Crippen molar-refractivity contribution >= 4 is 0 Å². The van der Waals surface area contributed by atoms with E-state index in [2.05, 4.69) is 18.7 Å². The minimum atomic E-state index is -0.663. The first-order valence-corrected chi connectivity index (χ1v) is 7.64. The van der Waals surface area contributed by atoms with Crippen molar-refractivity contribution in [3.8, 4) is 0 Å². The Kier molecular flexibility index (Phi) is 5.93. The molecule has 0 aliphatic rings. The van der Waals surface area contributed by atoms with E-state index in [9.17, 15) is 0 Å². The molecule has 2 aromatic rings. The zero-order valence-electron chi connectivity index (χ0n) is 13.4. The van der Waals surface area contributed by atoms with Gasteiger partial charge in [0.25, 0.3) is 0 Å². The van der Waals surface area contributed by atoms with Crippen molar-refractivity contribution in [2.45, 2.75) is 32.2 Å². The fourth-order valence-electron chi connectivity index (χ4n) is 2.29. The predicted molar refractivity (Wildman–Crippen MR) is 90.6 cm³/mol. The maximum absolute atomic E-state index is 6.07. The zero-order chi connectivity index (χ0) is 15.8. The molecule has 2 nitrogen and oxygen atoms in total. The summed E-state index contributed by atoms with van der Waals surface area (Å²) in [5, 5.41) is 0. The molecule has 2 aromatic carbocycles. The molecule has 2 rings (SSSR count). The number of benzene rings is 2. The molecule has 0 N–H and O–H groups in total. The minimum absolute atomic E-state index is 0.173. The van der Waals surface area contributed by atoms with Crippen molar-refractivity contribution in [2.24, 2.45) is 0 Å². The number of rotatable bonds is 8. The highest BCUT2D eigenvalue weighted by molar-refractivity contribution is 5.20. The second-order valence-electron chi connectivity index (χ2n) is 5.67. The van der Waals surface area contributed by atoms with Crippen molar-refractivity contribution in [3.63, 3.8) is 0 Å². The van der Waals surface area contributed by atoms with Gasteiger partial charge < -0.3 is 9.47 Å². The first-order chi connectivity index (χ1) is 10.6. The Morgan fingerprint density at radius 3 is 2.18 bits per heavy atom. The van der Waals surface area contributed by atoms with Crippen LogP contribution in [0.15, 0.2) is 73.3 Å². The fourth-order valence-corrected chi connectivity index (χ4v) is 2.29. The van der Waals surface area contributed by atoms with Gasteiger partial charge >= 0.3 is 0 Å². The van der Waals surface area contributed by atoms with Gasteiger partial charge in [-0.05, 0) is 31.4 Å². The van der Waals surface area contributed by atoms with Crippen LogP contribution in [0.1, 0.15) is 31.1 Å². The summed E-state index contributed by atoms with van der Waals surface area (Å²) in [7, 11) is 0. The van der Waals surface area contributed by atoms with Crippen LogP contribution in [0.4, 0.5) is 0 Å². The van der Waals surface area contributed by atoms with Crippen LogP contribution in [0.5, 0.6) is 0 Å². The van der Waals surface area contributed by atoms with Gasteiger partial charge in [-0.25, -0.2) is 0 Å². The average Bonchev–Trinajstić information content (AvgIpc) is 2.54. The van der Waals surface area contributed by atoms with Crippen LogP contribution in [-0.4, -0.2) is 12.4 Å². The lowest BCUT2D eigenvalue weighted by Crippen LogP contribution is -2.30. The van der Waals surface area contributed by atoms with Crippen molar-refractivity contribution in [1.82, 2.24) is 0 Å². The molecule has 0 aromatic heterocycles. The molecule has 1 unspecified atom stereocenters. The van der Waals surface area contributed by atoms with Gasteiger partial charge in [-0.1, -0.05) is 66.7 Å². The van der Waals surface area contributed by atoms with E-state index < -0.39 is 5.79 Å². The van der Waals surface area contributed by atoms with Crippen LogP contribution in [0.3, 0.4) is 0 Å². The van der Waals surface area contributed by atoms with Crippen LogP contribution < -0.4 is 0 Å². The van der Waals surface area contributed by atoms with E-state index in [0.29, 0.717) is 6.61 Å². The average molecular weight is 296 g/mol. The normalized spacial score (nSPS) is 12.8. The molecule has 0 spiro atoms. The fraction of sp³-hybridized carbons (Fsp3) is 0.300. The molecular formula is C20H24O2. The molecular weight excluding hydrogens is 272 g/mol. The zero-order valence-corrected chi connectivity index (χ0v) is 13.4. The number of ether oxygens (including phenoxy) is 2. The van der Waals surface area contributed by atoms with Gasteiger partial charge in [-0.15, -0.1) is 6.58 Å². The van der Waals surface area contributed by atoms with E-state index in [1.807, 2.05) is 62.4 Å². The molecule has 0 aliphatic carbocycles. The molecule has 0 fully saturated rings. The Labute approximate surface area is 133 Å². The highest BCUT2D eigenvalue weighted by Crippen LogP contribution is 2.26. The van der Waals surface area contributed by atoms with Gasteiger partial charge in [0.05, 0.1) is 6.61 Å². The summed E-state index contributed by atoms with van der Waals surface area (Å²) in [4.78, 5) is 0. The summed E-state index contributed by atoms with van der Waals surface area (Å²) >= 11 is 0. The number of hydrogen-bond donors (Lipinski definition) is 0. The van der Waals surface area contributed by atoms with Crippen LogP contribution >= 0.6 is 0 Å². The third-order valence-corrected chi connectivity index (χ3v) is 3.44. The van der Waals surface area contributed by atoms with Crippen LogP contribution in [0, 0.1) is 0 Å². The van der Waals surface area contributed by atoms with Crippen molar-refractivity contribution in [3.05, 3.63) is 84.4 Å². The summed E-state index contributed by atoms with van der Waals surface area (Å²) in [6.45, 7) is 8.37. The first kappa shape index (κ1) is 16.5.